The minimum Gasteiger partial charge on any atom is -0.334 e. The molecule has 3 heterocycles. The fourth-order valence-electron chi connectivity index (χ4n) is 2.44. The summed E-state index contributed by atoms with van der Waals surface area (Å²) >= 11 is 5.06. The Bertz CT molecular complexity index is 650. The summed E-state index contributed by atoms with van der Waals surface area (Å²) in [5, 5.41) is 0. The SMILES string of the molecule is Cc1ccncc1CN1CCc2[nH]c(=S)ncc2C1. The van der Waals surface area contributed by atoms with Crippen LogP contribution in [0.3, 0.4) is 0 Å². The average molecular weight is 272 g/mol. The van der Waals surface area contributed by atoms with Gasteiger partial charge in [-0.25, -0.2) is 4.98 Å². The number of pyridine rings is 1. The van der Waals surface area contributed by atoms with E-state index in [1.54, 1.807) is 0 Å². The fraction of sp³-hybridized carbons (Fsp3) is 0.357. The summed E-state index contributed by atoms with van der Waals surface area (Å²) in [6.07, 6.45) is 6.70. The third-order valence-electron chi connectivity index (χ3n) is 3.60. The van der Waals surface area contributed by atoms with E-state index in [1.807, 2.05) is 18.6 Å². The van der Waals surface area contributed by atoms with Gasteiger partial charge in [-0.05, 0) is 36.3 Å². The van der Waals surface area contributed by atoms with Crippen molar-refractivity contribution in [2.75, 3.05) is 6.54 Å². The number of rotatable bonds is 2. The van der Waals surface area contributed by atoms with Crippen LogP contribution in [-0.2, 0) is 19.5 Å². The standard InChI is InChI=1S/C14H16N4S/c1-10-2-4-15-6-11(10)8-18-5-3-13-12(9-18)7-16-14(19)17-13/h2,4,6-7H,3,5,8-9H2,1H3,(H,16,17,19). The lowest BCUT2D eigenvalue weighted by molar-refractivity contribution is 0.242. The van der Waals surface area contributed by atoms with Gasteiger partial charge in [-0.15, -0.1) is 0 Å². The van der Waals surface area contributed by atoms with Crippen LogP contribution in [0.1, 0.15) is 22.4 Å². The van der Waals surface area contributed by atoms with Crippen molar-refractivity contribution in [3.05, 3.63) is 51.8 Å². The molecule has 1 aliphatic heterocycles. The Morgan fingerprint density at radius 1 is 1.42 bits per heavy atom. The van der Waals surface area contributed by atoms with E-state index >= 15 is 0 Å². The topological polar surface area (TPSA) is 44.8 Å². The minimum absolute atomic E-state index is 0.579. The van der Waals surface area contributed by atoms with Crippen molar-refractivity contribution in [2.24, 2.45) is 0 Å². The van der Waals surface area contributed by atoms with Gasteiger partial charge in [0.2, 0.25) is 0 Å². The fourth-order valence-corrected chi connectivity index (χ4v) is 2.62. The van der Waals surface area contributed by atoms with E-state index in [4.69, 9.17) is 12.2 Å². The number of fused-ring (bicyclic) bond motifs is 1. The first-order valence-corrected chi connectivity index (χ1v) is 6.82. The predicted molar refractivity (Wildman–Crippen MR) is 76.2 cm³/mol. The molecule has 1 N–H and O–H groups in total. The first-order valence-electron chi connectivity index (χ1n) is 6.41. The summed E-state index contributed by atoms with van der Waals surface area (Å²) in [7, 11) is 0. The molecule has 2 aromatic rings. The maximum Gasteiger partial charge on any atom is 0.196 e. The molecule has 0 spiro atoms. The van der Waals surface area contributed by atoms with Crippen molar-refractivity contribution in [2.45, 2.75) is 26.4 Å². The van der Waals surface area contributed by atoms with Crippen LogP contribution in [0.25, 0.3) is 0 Å². The molecule has 0 radical (unpaired) electrons. The molecule has 0 saturated heterocycles. The maximum atomic E-state index is 5.06. The molecule has 5 heteroatoms. The maximum absolute atomic E-state index is 5.06. The van der Waals surface area contributed by atoms with E-state index in [9.17, 15) is 0 Å². The highest BCUT2D eigenvalue weighted by Crippen LogP contribution is 2.18. The Morgan fingerprint density at radius 3 is 3.16 bits per heavy atom. The van der Waals surface area contributed by atoms with Gasteiger partial charge in [0.1, 0.15) is 0 Å². The molecule has 0 saturated carbocycles. The van der Waals surface area contributed by atoms with Crippen LogP contribution in [0.15, 0.2) is 24.7 Å². The van der Waals surface area contributed by atoms with E-state index < -0.39 is 0 Å². The highest BCUT2D eigenvalue weighted by Gasteiger charge is 2.17. The lowest BCUT2D eigenvalue weighted by Gasteiger charge is -2.28. The lowest BCUT2D eigenvalue weighted by Crippen LogP contribution is -2.31. The number of nitrogens with zero attached hydrogens (tertiary/aromatic N) is 3. The van der Waals surface area contributed by atoms with Crippen molar-refractivity contribution in [3.8, 4) is 0 Å². The number of aromatic nitrogens is 3. The molecule has 0 bridgehead atoms. The van der Waals surface area contributed by atoms with E-state index in [0.717, 1.165) is 26.1 Å². The molecule has 0 aliphatic carbocycles. The van der Waals surface area contributed by atoms with Crippen molar-refractivity contribution >= 4 is 12.2 Å². The van der Waals surface area contributed by atoms with Crippen LogP contribution in [-0.4, -0.2) is 26.4 Å². The number of nitrogens with one attached hydrogen (secondary N) is 1. The highest BCUT2D eigenvalue weighted by molar-refractivity contribution is 7.71. The van der Waals surface area contributed by atoms with Crippen LogP contribution in [0.5, 0.6) is 0 Å². The molecule has 2 aromatic heterocycles. The Morgan fingerprint density at radius 2 is 2.32 bits per heavy atom. The van der Waals surface area contributed by atoms with Gasteiger partial charge in [-0.1, -0.05) is 0 Å². The molecule has 0 amide bonds. The third kappa shape index (κ3) is 2.72. The molecule has 98 valence electrons. The smallest absolute Gasteiger partial charge is 0.196 e. The van der Waals surface area contributed by atoms with Gasteiger partial charge in [0.15, 0.2) is 4.77 Å². The normalized spacial score (nSPS) is 15.2. The van der Waals surface area contributed by atoms with Gasteiger partial charge in [0.05, 0.1) is 0 Å². The lowest BCUT2D eigenvalue weighted by atomic mass is 10.1. The van der Waals surface area contributed by atoms with Crippen LogP contribution in [0.4, 0.5) is 0 Å². The van der Waals surface area contributed by atoms with E-state index in [1.165, 1.54) is 22.4 Å². The summed E-state index contributed by atoms with van der Waals surface area (Å²) in [4.78, 5) is 14.0. The minimum atomic E-state index is 0.579. The van der Waals surface area contributed by atoms with Gasteiger partial charge in [-0.2, -0.15) is 0 Å². The Balaban J connectivity index is 1.78. The van der Waals surface area contributed by atoms with E-state index in [0.29, 0.717) is 4.77 Å². The molecule has 0 fully saturated rings. The summed E-state index contributed by atoms with van der Waals surface area (Å²) < 4.78 is 0.579. The molecule has 3 rings (SSSR count). The first-order chi connectivity index (χ1) is 9.22. The van der Waals surface area contributed by atoms with Crippen molar-refractivity contribution in [1.29, 1.82) is 0 Å². The Hall–Kier alpha value is -1.59. The molecular weight excluding hydrogens is 256 g/mol. The summed E-state index contributed by atoms with van der Waals surface area (Å²) in [5.41, 5.74) is 5.08. The van der Waals surface area contributed by atoms with Crippen molar-refractivity contribution in [3.63, 3.8) is 0 Å². The Kier molecular flexibility index (Phi) is 3.40. The summed E-state index contributed by atoms with van der Waals surface area (Å²) in [5.74, 6) is 0. The molecule has 19 heavy (non-hydrogen) atoms. The quantitative estimate of drug-likeness (QED) is 0.853. The second-order valence-corrected chi connectivity index (χ2v) is 5.34. The molecule has 1 aliphatic rings. The highest BCUT2D eigenvalue weighted by atomic mass is 32.1. The van der Waals surface area contributed by atoms with Crippen LogP contribution in [0, 0.1) is 11.7 Å². The predicted octanol–water partition coefficient (Wildman–Crippen LogP) is 2.40. The summed E-state index contributed by atoms with van der Waals surface area (Å²) in [6.45, 7) is 5.03. The molecule has 4 nitrogen and oxygen atoms in total. The average Bonchev–Trinajstić information content (AvgIpc) is 2.41. The zero-order chi connectivity index (χ0) is 13.2. The van der Waals surface area contributed by atoms with E-state index in [2.05, 4.69) is 32.8 Å². The van der Waals surface area contributed by atoms with Gasteiger partial charge in [-0.3, -0.25) is 9.88 Å². The molecule has 0 aromatic carbocycles. The summed E-state index contributed by atoms with van der Waals surface area (Å²) in [6, 6.07) is 2.06. The molecule has 0 unspecified atom stereocenters. The second-order valence-electron chi connectivity index (χ2n) is 4.95. The van der Waals surface area contributed by atoms with Gasteiger partial charge < -0.3 is 4.98 Å². The van der Waals surface area contributed by atoms with Gasteiger partial charge in [0, 0.05) is 55.9 Å². The zero-order valence-corrected chi connectivity index (χ0v) is 11.7. The monoisotopic (exact) mass is 272 g/mol. The molecule has 0 atom stereocenters. The van der Waals surface area contributed by atoms with Gasteiger partial charge >= 0.3 is 0 Å². The number of hydrogen-bond acceptors (Lipinski definition) is 4. The Labute approximate surface area is 117 Å². The number of hydrogen-bond donors (Lipinski definition) is 1. The van der Waals surface area contributed by atoms with Gasteiger partial charge in [0.25, 0.3) is 0 Å². The first kappa shape index (κ1) is 12.4. The number of aryl methyl sites for hydroxylation is 1. The largest absolute Gasteiger partial charge is 0.334 e. The van der Waals surface area contributed by atoms with E-state index in [-0.39, 0.29) is 0 Å². The number of H-pyrrole nitrogens is 1. The second kappa shape index (κ2) is 5.19. The third-order valence-corrected chi connectivity index (χ3v) is 3.80. The van der Waals surface area contributed by atoms with Crippen LogP contribution in [0.2, 0.25) is 0 Å². The molecular formula is C14H16N4S. The van der Waals surface area contributed by atoms with Crippen molar-refractivity contribution in [1.82, 2.24) is 19.9 Å². The van der Waals surface area contributed by atoms with Crippen LogP contribution >= 0.6 is 12.2 Å². The zero-order valence-electron chi connectivity index (χ0n) is 10.9. The number of aromatic amines is 1. The van der Waals surface area contributed by atoms with Crippen LogP contribution < -0.4 is 0 Å². The van der Waals surface area contributed by atoms with Crippen molar-refractivity contribution < 1.29 is 0 Å².